The summed E-state index contributed by atoms with van der Waals surface area (Å²) in [5.41, 5.74) is 6.75. The zero-order chi connectivity index (χ0) is 15.9. The average molecular weight is 313 g/mol. The second kappa shape index (κ2) is 7.99. The summed E-state index contributed by atoms with van der Waals surface area (Å²) in [7, 11) is -3.65. The lowest BCUT2D eigenvalue weighted by Crippen LogP contribution is -2.31. The van der Waals surface area contributed by atoms with E-state index in [0.29, 0.717) is 24.2 Å². The quantitative estimate of drug-likeness (QED) is 0.624. The minimum Gasteiger partial charge on any atom is -0.399 e. The van der Waals surface area contributed by atoms with Crippen LogP contribution in [0.5, 0.6) is 0 Å². The smallest absolute Gasteiger partial charge is 0.240 e. The Balaban J connectivity index is 2.70. The Morgan fingerprint density at radius 1 is 1.24 bits per heavy atom. The van der Waals surface area contributed by atoms with Gasteiger partial charge in [0.2, 0.25) is 15.9 Å². The standard InChI is InChI=1S/C14H23N3O3S/c1-3-8-16-14(18)7-9-17-21(19,20)13-10-12(15)6-5-11(13)4-2/h5-6,10,17H,3-4,7-9,15H2,1-2H3,(H,16,18). The van der Waals surface area contributed by atoms with Gasteiger partial charge < -0.3 is 11.1 Å². The third kappa shape index (κ3) is 5.35. The maximum Gasteiger partial charge on any atom is 0.240 e. The number of nitrogens with two attached hydrogens (primary N) is 1. The van der Waals surface area contributed by atoms with Crippen molar-refractivity contribution >= 4 is 21.6 Å². The van der Waals surface area contributed by atoms with E-state index in [0.717, 1.165) is 6.42 Å². The van der Waals surface area contributed by atoms with Crippen LogP contribution in [0.2, 0.25) is 0 Å². The Morgan fingerprint density at radius 2 is 1.95 bits per heavy atom. The topological polar surface area (TPSA) is 101 Å². The number of hydrogen-bond acceptors (Lipinski definition) is 4. The maximum atomic E-state index is 12.3. The molecule has 4 N–H and O–H groups in total. The van der Waals surface area contributed by atoms with E-state index in [2.05, 4.69) is 10.0 Å². The molecule has 0 aromatic heterocycles. The second-order valence-electron chi connectivity index (χ2n) is 4.72. The fourth-order valence-electron chi connectivity index (χ4n) is 1.84. The SMILES string of the molecule is CCCNC(=O)CCNS(=O)(=O)c1cc(N)ccc1CC. The molecular weight excluding hydrogens is 290 g/mol. The fraction of sp³-hybridized carbons (Fsp3) is 0.500. The summed E-state index contributed by atoms with van der Waals surface area (Å²) in [5, 5.41) is 2.70. The number of nitrogens with one attached hydrogen (secondary N) is 2. The van der Waals surface area contributed by atoms with E-state index in [1.54, 1.807) is 12.1 Å². The van der Waals surface area contributed by atoms with Gasteiger partial charge in [0, 0.05) is 25.2 Å². The summed E-state index contributed by atoms with van der Waals surface area (Å²) in [5.74, 6) is -0.164. The Morgan fingerprint density at radius 3 is 2.57 bits per heavy atom. The van der Waals surface area contributed by atoms with Crippen LogP contribution in [0.15, 0.2) is 23.1 Å². The Kier molecular flexibility index (Phi) is 6.64. The third-order valence-electron chi connectivity index (χ3n) is 2.98. The summed E-state index contributed by atoms with van der Waals surface area (Å²) in [6, 6.07) is 4.83. The molecule has 1 amide bonds. The van der Waals surface area contributed by atoms with Crippen LogP contribution in [0.25, 0.3) is 0 Å². The number of benzene rings is 1. The molecule has 118 valence electrons. The van der Waals surface area contributed by atoms with Crippen molar-refractivity contribution in [2.24, 2.45) is 0 Å². The van der Waals surface area contributed by atoms with Crippen LogP contribution in [-0.4, -0.2) is 27.4 Å². The highest BCUT2D eigenvalue weighted by molar-refractivity contribution is 7.89. The van der Waals surface area contributed by atoms with E-state index in [1.165, 1.54) is 6.07 Å². The molecule has 21 heavy (non-hydrogen) atoms. The number of carbonyl (C=O) groups is 1. The van der Waals surface area contributed by atoms with E-state index in [4.69, 9.17) is 5.73 Å². The summed E-state index contributed by atoms with van der Waals surface area (Å²) in [4.78, 5) is 11.6. The molecule has 0 heterocycles. The van der Waals surface area contributed by atoms with Crippen LogP contribution < -0.4 is 15.8 Å². The van der Waals surface area contributed by atoms with Crippen molar-refractivity contribution in [1.29, 1.82) is 0 Å². The zero-order valence-corrected chi connectivity index (χ0v) is 13.3. The van der Waals surface area contributed by atoms with Gasteiger partial charge in [-0.1, -0.05) is 19.9 Å². The van der Waals surface area contributed by atoms with E-state index >= 15 is 0 Å². The maximum absolute atomic E-state index is 12.3. The molecule has 0 aliphatic carbocycles. The molecule has 0 aliphatic heterocycles. The van der Waals surface area contributed by atoms with Gasteiger partial charge in [-0.15, -0.1) is 0 Å². The Bertz CT molecular complexity index is 585. The summed E-state index contributed by atoms with van der Waals surface area (Å²) in [6.45, 7) is 4.49. The number of aryl methyl sites for hydroxylation is 1. The minimum atomic E-state index is -3.65. The van der Waals surface area contributed by atoms with Gasteiger partial charge in [0.15, 0.2) is 0 Å². The number of hydrogen-bond donors (Lipinski definition) is 3. The van der Waals surface area contributed by atoms with Crippen molar-refractivity contribution < 1.29 is 13.2 Å². The molecule has 0 saturated heterocycles. The van der Waals surface area contributed by atoms with Crippen LogP contribution in [0.1, 0.15) is 32.3 Å². The molecule has 0 spiro atoms. The van der Waals surface area contributed by atoms with E-state index in [1.807, 2.05) is 13.8 Å². The molecule has 6 nitrogen and oxygen atoms in total. The fourth-order valence-corrected chi connectivity index (χ4v) is 3.22. The first-order valence-corrected chi connectivity index (χ1v) is 8.53. The molecule has 1 aromatic rings. The predicted octanol–water partition coefficient (Wildman–Crippen LogP) is 1.03. The van der Waals surface area contributed by atoms with Crippen LogP contribution in [0.3, 0.4) is 0 Å². The van der Waals surface area contributed by atoms with Crippen molar-refractivity contribution in [2.45, 2.75) is 38.0 Å². The highest BCUT2D eigenvalue weighted by Crippen LogP contribution is 2.19. The van der Waals surface area contributed by atoms with Gasteiger partial charge in [-0.3, -0.25) is 4.79 Å². The molecule has 0 radical (unpaired) electrons. The van der Waals surface area contributed by atoms with Crippen LogP contribution in [0, 0.1) is 0 Å². The van der Waals surface area contributed by atoms with E-state index in [-0.39, 0.29) is 23.8 Å². The van der Waals surface area contributed by atoms with Gasteiger partial charge in [-0.05, 0) is 30.5 Å². The number of amides is 1. The minimum absolute atomic E-state index is 0.0653. The lowest BCUT2D eigenvalue weighted by molar-refractivity contribution is -0.120. The van der Waals surface area contributed by atoms with Crippen molar-refractivity contribution in [3.8, 4) is 0 Å². The largest absolute Gasteiger partial charge is 0.399 e. The van der Waals surface area contributed by atoms with Crippen molar-refractivity contribution in [1.82, 2.24) is 10.0 Å². The Hall–Kier alpha value is -1.60. The van der Waals surface area contributed by atoms with Crippen molar-refractivity contribution in [3.05, 3.63) is 23.8 Å². The predicted molar refractivity (Wildman–Crippen MR) is 83.3 cm³/mol. The lowest BCUT2D eigenvalue weighted by Gasteiger charge is -2.11. The van der Waals surface area contributed by atoms with Gasteiger partial charge in [0.05, 0.1) is 4.90 Å². The molecule has 0 atom stereocenters. The van der Waals surface area contributed by atoms with Crippen LogP contribution in [0.4, 0.5) is 5.69 Å². The van der Waals surface area contributed by atoms with Crippen molar-refractivity contribution in [3.63, 3.8) is 0 Å². The molecule has 0 bridgehead atoms. The average Bonchev–Trinajstić information content (AvgIpc) is 2.44. The number of sulfonamides is 1. The van der Waals surface area contributed by atoms with Gasteiger partial charge in [-0.25, -0.2) is 13.1 Å². The second-order valence-corrected chi connectivity index (χ2v) is 6.45. The molecular formula is C14H23N3O3S. The third-order valence-corrected chi connectivity index (χ3v) is 4.52. The number of carbonyl (C=O) groups excluding carboxylic acids is 1. The van der Waals surface area contributed by atoms with Gasteiger partial charge in [0.1, 0.15) is 0 Å². The molecule has 1 rings (SSSR count). The Labute approximate surface area is 126 Å². The van der Waals surface area contributed by atoms with E-state index < -0.39 is 10.0 Å². The first kappa shape index (κ1) is 17.5. The molecule has 0 aliphatic rings. The highest BCUT2D eigenvalue weighted by Gasteiger charge is 2.18. The van der Waals surface area contributed by atoms with Gasteiger partial charge in [-0.2, -0.15) is 0 Å². The number of nitrogen functional groups attached to an aromatic ring is 1. The highest BCUT2D eigenvalue weighted by atomic mass is 32.2. The molecule has 1 aromatic carbocycles. The van der Waals surface area contributed by atoms with Gasteiger partial charge >= 0.3 is 0 Å². The molecule has 0 saturated carbocycles. The monoisotopic (exact) mass is 313 g/mol. The number of rotatable bonds is 8. The van der Waals surface area contributed by atoms with Crippen molar-refractivity contribution in [2.75, 3.05) is 18.8 Å². The number of anilines is 1. The van der Waals surface area contributed by atoms with Gasteiger partial charge in [0.25, 0.3) is 0 Å². The first-order chi connectivity index (χ1) is 9.90. The molecule has 7 heteroatoms. The van der Waals surface area contributed by atoms with E-state index in [9.17, 15) is 13.2 Å². The molecule has 0 unspecified atom stereocenters. The lowest BCUT2D eigenvalue weighted by atomic mass is 10.1. The normalized spacial score (nSPS) is 11.3. The van der Waals surface area contributed by atoms with Crippen LogP contribution in [-0.2, 0) is 21.2 Å². The first-order valence-electron chi connectivity index (χ1n) is 7.05. The van der Waals surface area contributed by atoms with Crippen LogP contribution >= 0.6 is 0 Å². The summed E-state index contributed by atoms with van der Waals surface area (Å²) >= 11 is 0. The molecule has 0 fully saturated rings. The summed E-state index contributed by atoms with van der Waals surface area (Å²) in [6.07, 6.45) is 1.55. The zero-order valence-electron chi connectivity index (χ0n) is 12.5. The summed E-state index contributed by atoms with van der Waals surface area (Å²) < 4.78 is 27.0.